The Morgan fingerprint density at radius 2 is 1.93 bits per heavy atom. The van der Waals surface area contributed by atoms with Crippen LogP contribution in [0.1, 0.15) is 73.1 Å². The van der Waals surface area contributed by atoms with Gasteiger partial charge in [0.2, 0.25) is 0 Å². The van der Waals surface area contributed by atoms with Crippen molar-refractivity contribution in [2.45, 2.75) is 85.4 Å². The molecular formula is C22H36O5. The zero-order valence-corrected chi connectivity index (χ0v) is 17.5. The Labute approximate surface area is 162 Å². The van der Waals surface area contributed by atoms with Crippen LogP contribution in [0.2, 0.25) is 0 Å². The second-order valence-electron chi connectivity index (χ2n) is 10.0. The Bertz CT molecular complexity index is 618. The second kappa shape index (κ2) is 6.84. The van der Waals surface area contributed by atoms with Crippen LogP contribution < -0.4 is 0 Å². The molecule has 5 heteroatoms. The summed E-state index contributed by atoms with van der Waals surface area (Å²) in [6.45, 7) is 9.90. The molecule has 8 atom stereocenters. The fraction of sp³-hybridized carbons (Fsp3) is 0.909. The molecule has 0 aliphatic heterocycles. The van der Waals surface area contributed by atoms with E-state index in [1.54, 1.807) is 0 Å². The van der Waals surface area contributed by atoms with Gasteiger partial charge in [-0.1, -0.05) is 34.6 Å². The van der Waals surface area contributed by atoms with Crippen molar-refractivity contribution in [3.63, 3.8) is 0 Å². The van der Waals surface area contributed by atoms with E-state index in [4.69, 9.17) is 4.74 Å². The van der Waals surface area contributed by atoms with Crippen molar-refractivity contribution < 1.29 is 24.5 Å². The zero-order valence-electron chi connectivity index (χ0n) is 17.5. The van der Waals surface area contributed by atoms with E-state index >= 15 is 0 Å². The van der Waals surface area contributed by atoms with Gasteiger partial charge in [0.05, 0.1) is 6.10 Å². The van der Waals surface area contributed by atoms with Gasteiger partial charge in [0.1, 0.15) is 18.5 Å². The smallest absolute Gasteiger partial charge is 0.332 e. The van der Waals surface area contributed by atoms with Crippen LogP contribution in [0.3, 0.4) is 0 Å². The van der Waals surface area contributed by atoms with E-state index in [0.29, 0.717) is 12.8 Å². The van der Waals surface area contributed by atoms with Gasteiger partial charge < -0.3 is 14.9 Å². The highest BCUT2D eigenvalue weighted by atomic mass is 16.6. The van der Waals surface area contributed by atoms with E-state index < -0.39 is 35.6 Å². The summed E-state index contributed by atoms with van der Waals surface area (Å²) in [6.07, 6.45) is 3.53. The first-order valence-corrected chi connectivity index (χ1v) is 10.6. The molecule has 5 nitrogen and oxygen atoms in total. The number of carbonyl (C=O) groups excluding carboxylic acids is 2. The van der Waals surface area contributed by atoms with Gasteiger partial charge in [-0.15, -0.1) is 0 Å². The van der Waals surface area contributed by atoms with E-state index in [0.717, 1.165) is 25.7 Å². The van der Waals surface area contributed by atoms with Gasteiger partial charge >= 0.3 is 5.97 Å². The summed E-state index contributed by atoms with van der Waals surface area (Å²) < 4.78 is 5.82. The summed E-state index contributed by atoms with van der Waals surface area (Å²) in [7, 11) is 0. The number of carbonyl (C=O) groups is 2. The molecule has 0 aromatic carbocycles. The average Bonchev–Trinajstić information content (AvgIpc) is 3.00. The SMILES string of the molecule is CC[C@]1(C)C[C@H](OC(=O)CO)[C@@]2(C)[C@H](C)CC[C@@]3(CCC(=O)[C@@H]32)[C@H](C)[C@H]1O. The molecule has 3 aliphatic carbocycles. The van der Waals surface area contributed by atoms with Crippen molar-refractivity contribution in [3.8, 4) is 0 Å². The number of hydrogen-bond donors (Lipinski definition) is 2. The molecule has 3 aliphatic rings. The minimum Gasteiger partial charge on any atom is -0.460 e. The predicted octanol–water partition coefficient (Wildman–Crippen LogP) is 3.11. The third-order valence-corrected chi connectivity index (χ3v) is 9.11. The molecule has 3 saturated carbocycles. The number of esters is 1. The van der Waals surface area contributed by atoms with Gasteiger partial charge in [0.15, 0.2) is 0 Å². The van der Waals surface area contributed by atoms with E-state index in [1.165, 1.54) is 0 Å². The lowest BCUT2D eigenvalue weighted by Gasteiger charge is -2.62. The maximum Gasteiger partial charge on any atom is 0.332 e. The summed E-state index contributed by atoms with van der Waals surface area (Å²) in [6, 6.07) is 0. The molecule has 0 amide bonds. The van der Waals surface area contributed by atoms with Crippen LogP contribution in [0.15, 0.2) is 0 Å². The normalized spacial score (nSPS) is 49.9. The standard InChI is InChI=1S/C22H36O5/c1-6-20(4)11-16(27-17(25)12-23)21(5)13(2)7-9-22(14(3)19(20)26)10-8-15(24)18(21)22/h13-14,16,18-19,23,26H,6-12H2,1-5H3/t13-,14-,16+,18-,19-,20-,21-,22-/m1/s1. The number of hydrogen-bond acceptors (Lipinski definition) is 5. The third kappa shape index (κ3) is 2.79. The largest absolute Gasteiger partial charge is 0.460 e. The Hall–Kier alpha value is -0.940. The Morgan fingerprint density at radius 3 is 2.52 bits per heavy atom. The van der Waals surface area contributed by atoms with Crippen molar-refractivity contribution >= 4 is 11.8 Å². The zero-order chi connectivity index (χ0) is 20.2. The van der Waals surface area contributed by atoms with Crippen LogP contribution in [-0.2, 0) is 14.3 Å². The van der Waals surface area contributed by atoms with Gasteiger partial charge in [0.25, 0.3) is 0 Å². The van der Waals surface area contributed by atoms with Crippen molar-refractivity contribution in [1.29, 1.82) is 0 Å². The predicted molar refractivity (Wildman–Crippen MR) is 102 cm³/mol. The monoisotopic (exact) mass is 380 g/mol. The molecule has 3 fully saturated rings. The number of Topliss-reactive ketones (excluding diaryl/α,β-unsaturated/α-hetero) is 1. The second-order valence-corrected chi connectivity index (χ2v) is 10.0. The lowest BCUT2D eigenvalue weighted by atomic mass is 9.43. The van der Waals surface area contributed by atoms with Gasteiger partial charge in [-0.25, -0.2) is 4.79 Å². The highest BCUT2D eigenvalue weighted by Gasteiger charge is 2.68. The fourth-order valence-corrected chi connectivity index (χ4v) is 6.90. The summed E-state index contributed by atoms with van der Waals surface area (Å²) >= 11 is 0. The summed E-state index contributed by atoms with van der Waals surface area (Å²) in [5.41, 5.74) is -1.10. The molecule has 0 spiro atoms. The topological polar surface area (TPSA) is 83.8 Å². The van der Waals surface area contributed by atoms with Crippen LogP contribution in [0.25, 0.3) is 0 Å². The van der Waals surface area contributed by atoms with Gasteiger partial charge in [0, 0.05) is 17.8 Å². The maximum absolute atomic E-state index is 13.1. The molecule has 2 N–H and O–H groups in total. The summed E-state index contributed by atoms with van der Waals surface area (Å²) in [4.78, 5) is 25.2. The summed E-state index contributed by atoms with van der Waals surface area (Å²) in [5, 5.41) is 20.7. The molecule has 27 heavy (non-hydrogen) atoms. The first kappa shape index (κ1) is 20.8. The molecule has 0 unspecified atom stereocenters. The molecule has 0 saturated heterocycles. The van der Waals surface area contributed by atoms with E-state index in [-0.39, 0.29) is 29.0 Å². The van der Waals surface area contributed by atoms with Crippen LogP contribution in [0, 0.1) is 34.0 Å². The molecule has 2 bridgehead atoms. The average molecular weight is 381 g/mol. The first-order chi connectivity index (χ1) is 12.6. The first-order valence-electron chi connectivity index (χ1n) is 10.6. The molecule has 0 radical (unpaired) electrons. The Morgan fingerprint density at radius 1 is 1.26 bits per heavy atom. The van der Waals surface area contributed by atoms with Crippen LogP contribution >= 0.6 is 0 Å². The van der Waals surface area contributed by atoms with Crippen LogP contribution in [0.5, 0.6) is 0 Å². The van der Waals surface area contributed by atoms with Crippen LogP contribution in [0.4, 0.5) is 0 Å². The maximum atomic E-state index is 13.1. The van der Waals surface area contributed by atoms with E-state index in [2.05, 4.69) is 34.6 Å². The lowest BCUT2D eigenvalue weighted by Crippen LogP contribution is -2.63. The number of rotatable bonds is 3. The van der Waals surface area contributed by atoms with Crippen molar-refractivity contribution in [2.75, 3.05) is 6.61 Å². The Balaban J connectivity index is 2.19. The minimum atomic E-state index is -0.660. The molecular weight excluding hydrogens is 344 g/mol. The van der Waals surface area contributed by atoms with Crippen LogP contribution in [-0.4, -0.2) is 40.8 Å². The van der Waals surface area contributed by atoms with Crippen molar-refractivity contribution in [2.24, 2.45) is 34.0 Å². The van der Waals surface area contributed by atoms with E-state index in [9.17, 15) is 19.8 Å². The lowest BCUT2D eigenvalue weighted by molar-refractivity contribution is -0.213. The fourth-order valence-electron chi connectivity index (χ4n) is 6.90. The Kier molecular flexibility index (Phi) is 5.26. The molecule has 3 rings (SSSR count). The number of aliphatic hydroxyl groups excluding tert-OH is 2. The third-order valence-electron chi connectivity index (χ3n) is 9.11. The summed E-state index contributed by atoms with van der Waals surface area (Å²) in [5.74, 6) is -0.320. The van der Waals surface area contributed by atoms with Crippen molar-refractivity contribution in [3.05, 3.63) is 0 Å². The molecule has 0 aromatic heterocycles. The number of ether oxygens (including phenoxy) is 1. The molecule has 0 aromatic rings. The van der Waals surface area contributed by atoms with Gasteiger partial charge in [-0.05, 0) is 54.8 Å². The quantitative estimate of drug-likeness (QED) is 0.735. The van der Waals surface area contributed by atoms with Crippen molar-refractivity contribution in [1.82, 2.24) is 0 Å². The minimum absolute atomic E-state index is 0.0280. The highest BCUT2D eigenvalue weighted by molar-refractivity contribution is 5.85. The molecule has 0 heterocycles. The molecule has 154 valence electrons. The number of ketones is 1. The van der Waals surface area contributed by atoms with E-state index in [1.807, 2.05) is 0 Å². The van der Waals surface area contributed by atoms with Gasteiger partial charge in [-0.3, -0.25) is 4.79 Å². The highest BCUT2D eigenvalue weighted by Crippen LogP contribution is 2.68. The van der Waals surface area contributed by atoms with Gasteiger partial charge in [-0.2, -0.15) is 0 Å². The number of aliphatic hydroxyl groups is 2.